The van der Waals surface area contributed by atoms with Crippen LogP contribution in [0.25, 0.3) is 0 Å². The minimum absolute atomic E-state index is 0.0915. The standard InChI is InChI=1S/C15H23FN2OS/c1-3-9-15(2,17)14(19)18-10-4-11-20-13-7-5-12(16)6-8-13/h5-8H,3-4,9-11,17H2,1-2H3,(H,18,19). The molecule has 0 aliphatic carbocycles. The summed E-state index contributed by atoms with van der Waals surface area (Å²) in [6.07, 6.45) is 2.43. The van der Waals surface area contributed by atoms with Gasteiger partial charge in [0.1, 0.15) is 5.82 Å². The van der Waals surface area contributed by atoms with Gasteiger partial charge in [-0.05, 0) is 49.8 Å². The van der Waals surface area contributed by atoms with Gasteiger partial charge in [-0.25, -0.2) is 4.39 Å². The monoisotopic (exact) mass is 298 g/mol. The number of nitrogens with two attached hydrogens (primary N) is 1. The Morgan fingerprint density at radius 1 is 1.40 bits per heavy atom. The van der Waals surface area contributed by atoms with Crippen LogP contribution in [0.15, 0.2) is 29.2 Å². The predicted molar refractivity (Wildman–Crippen MR) is 82.3 cm³/mol. The minimum Gasteiger partial charge on any atom is -0.354 e. The summed E-state index contributed by atoms with van der Waals surface area (Å²) in [4.78, 5) is 12.9. The first-order valence-electron chi connectivity index (χ1n) is 6.91. The number of benzene rings is 1. The molecule has 0 fully saturated rings. The van der Waals surface area contributed by atoms with Crippen molar-refractivity contribution in [1.82, 2.24) is 5.32 Å². The maximum Gasteiger partial charge on any atom is 0.239 e. The minimum atomic E-state index is -0.779. The summed E-state index contributed by atoms with van der Waals surface area (Å²) >= 11 is 1.65. The first-order valence-corrected chi connectivity index (χ1v) is 7.90. The van der Waals surface area contributed by atoms with Gasteiger partial charge in [-0.2, -0.15) is 0 Å². The Labute approximate surface area is 124 Å². The molecule has 0 aliphatic heterocycles. The zero-order valence-corrected chi connectivity index (χ0v) is 12.9. The van der Waals surface area contributed by atoms with Crippen LogP contribution in [0.2, 0.25) is 0 Å². The van der Waals surface area contributed by atoms with Crippen LogP contribution in [0.5, 0.6) is 0 Å². The van der Waals surface area contributed by atoms with E-state index < -0.39 is 5.54 Å². The number of nitrogens with one attached hydrogen (secondary N) is 1. The van der Waals surface area contributed by atoms with Crippen molar-refractivity contribution in [3.8, 4) is 0 Å². The van der Waals surface area contributed by atoms with E-state index in [4.69, 9.17) is 5.73 Å². The van der Waals surface area contributed by atoms with Crippen LogP contribution >= 0.6 is 11.8 Å². The van der Waals surface area contributed by atoms with Crippen molar-refractivity contribution in [2.24, 2.45) is 5.73 Å². The number of hydrogen-bond donors (Lipinski definition) is 2. The van der Waals surface area contributed by atoms with Crippen molar-refractivity contribution in [2.75, 3.05) is 12.3 Å². The van der Waals surface area contributed by atoms with Gasteiger partial charge in [0.25, 0.3) is 0 Å². The van der Waals surface area contributed by atoms with Gasteiger partial charge in [0.05, 0.1) is 5.54 Å². The summed E-state index contributed by atoms with van der Waals surface area (Å²) < 4.78 is 12.7. The molecule has 0 saturated heterocycles. The number of halogens is 1. The van der Waals surface area contributed by atoms with Crippen molar-refractivity contribution in [2.45, 2.75) is 43.5 Å². The van der Waals surface area contributed by atoms with E-state index in [1.54, 1.807) is 30.8 Å². The number of thioether (sulfide) groups is 1. The molecule has 0 bridgehead atoms. The molecule has 0 aromatic heterocycles. The molecule has 0 aliphatic rings. The number of amides is 1. The molecule has 0 saturated carbocycles. The molecule has 0 spiro atoms. The van der Waals surface area contributed by atoms with Gasteiger partial charge < -0.3 is 11.1 Å². The molecule has 3 N–H and O–H groups in total. The van der Waals surface area contributed by atoms with E-state index in [1.807, 2.05) is 6.92 Å². The predicted octanol–water partition coefficient (Wildman–Crippen LogP) is 2.94. The zero-order chi connectivity index (χ0) is 15.0. The molecular weight excluding hydrogens is 275 g/mol. The molecule has 0 heterocycles. The van der Waals surface area contributed by atoms with Gasteiger partial charge in [0, 0.05) is 11.4 Å². The Bertz CT molecular complexity index is 420. The van der Waals surface area contributed by atoms with Crippen LogP contribution in [0.3, 0.4) is 0 Å². The fraction of sp³-hybridized carbons (Fsp3) is 0.533. The molecule has 112 valence electrons. The van der Waals surface area contributed by atoms with E-state index in [2.05, 4.69) is 5.32 Å². The molecule has 1 aromatic rings. The molecule has 1 unspecified atom stereocenters. The Kier molecular flexibility index (Phi) is 7.02. The second kappa shape index (κ2) is 8.27. The summed E-state index contributed by atoms with van der Waals surface area (Å²) in [5, 5.41) is 2.87. The zero-order valence-electron chi connectivity index (χ0n) is 12.1. The van der Waals surface area contributed by atoms with Crippen molar-refractivity contribution < 1.29 is 9.18 Å². The normalized spacial score (nSPS) is 13.8. The second-order valence-corrected chi connectivity index (χ2v) is 6.25. The Morgan fingerprint density at radius 3 is 2.65 bits per heavy atom. The number of hydrogen-bond acceptors (Lipinski definition) is 3. The number of carbonyl (C=O) groups excluding carboxylic acids is 1. The third kappa shape index (κ3) is 5.92. The summed E-state index contributed by atoms with van der Waals surface area (Å²) in [5.41, 5.74) is 5.16. The van der Waals surface area contributed by atoms with Crippen LogP contribution in [0.1, 0.15) is 33.1 Å². The fourth-order valence-corrected chi connectivity index (χ4v) is 2.68. The molecule has 3 nitrogen and oxygen atoms in total. The van der Waals surface area contributed by atoms with Crippen LogP contribution in [0.4, 0.5) is 4.39 Å². The third-order valence-corrected chi connectivity index (χ3v) is 4.08. The van der Waals surface area contributed by atoms with Gasteiger partial charge in [-0.3, -0.25) is 4.79 Å². The van der Waals surface area contributed by atoms with E-state index in [1.165, 1.54) is 12.1 Å². The Balaban J connectivity index is 2.19. The Morgan fingerprint density at radius 2 is 2.05 bits per heavy atom. The smallest absolute Gasteiger partial charge is 0.239 e. The largest absolute Gasteiger partial charge is 0.354 e. The van der Waals surface area contributed by atoms with Crippen molar-refractivity contribution in [3.05, 3.63) is 30.1 Å². The molecule has 1 aromatic carbocycles. The summed E-state index contributed by atoms with van der Waals surface area (Å²) in [5.74, 6) is 0.562. The lowest BCUT2D eigenvalue weighted by molar-refractivity contribution is -0.126. The maximum absolute atomic E-state index is 12.7. The lowest BCUT2D eigenvalue weighted by Crippen LogP contribution is -2.51. The second-order valence-electron chi connectivity index (χ2n) is 5.08. The third-order valence-electron chi connectivity index (χ3n) is 2.98. The van der Waals surface area contributed by atoms with Crippen molar-refractivity contribution in [1.29, 1.82) is 0 Å². The van der Waals surface area contributed by atoms with Gasteiger partial charge in [0.15, 0.2) is 0 Å². The average Bonchev–Trinajstić information content (AvgIpc) is 2.40. The highest BCUT2D eigenvalue weighted by Crippen LogP contribution is 2.18. The lowest BCUT2D eigenvalue weighted by Gasteiger charge is -2.22. The number of rotatable bonds is 8. The van der Waals surface area contributed by atoms with Gasteiger partial charge in [-0.1, -0.05) is 13.3 Å². The van der Waals surface area contributed by atoms with E-state index >= 15 is 0 Å². The van der Waals surface area contributed by atoms with Gasteiger partial charge in [-0.15, -0.1) is 11.8 Å². The highest BCUT2D eigenvalue weighted by molar-refractivity contribution is 7.99. The summed E-state index contributed by atoms with van der Waals surface area (Å²) in [6.45, 7) is 4.39. The van der Waals surface area contributed by atoms with Crippen LogP contribution in [-0.2, 0) is 4.79 Å². The van der Waals surface area contributed by atoms with Crippen LogP contribution in [-0.4, -0.2) is 23.7 Å². The molecule has 0 radical (unpaired) electrons. The van der Waals surface area contributed by atoms with E-state index in [0.717, 1.165) is 23.5 Å². The molecular formula is C15H23FN2OS. The van der Waals surface area contributed by atoms with Gasteiger partial charge in [0.2, 0.25) is 5.91 Å². The average molecular weight is 298 g/mol. The van der Waals surface area contributed by atoms with E-state index in [9.17, 15) is 9.18 Å². The Hall–Kier alpha value is -1.07. The van der Waals surface area contributed by atoms with Gasteiger partial charge >= 0.3 is 0 Å². The van der Waals surface area contributed by atoms with E-state index in [0.29, 0.717) is 13.0 Å². The highest BCUT2D eigenvalue weighted by Gasteiger charge is 2.26. The van der Waals surface area contributed by atoms with Crippen LogP contribution in [0, 0.1) is 5.82 Å². The van der Waals surface area contributed by atoms with Crippen molar-refractivity contribution >= 4 is 17.7 Å². The topological polar surface area (TPSA) is 55.1 Å². The molecule has 1 atom stereocenters. The highest BCUT2D eigenvalue weighted by atomic mass is 32.2. The molecule has 5 heteroatoms. The maximum atomic E-state index is 12.7. The lowest BCUT2D eigenvalue weighted by atomic mass is 9.96. The SMILES string of the molecule is CCCC(C)(N)C(=O)NCCCSc1ccc(F)cc1. The van der Waals surface area contributed by atoms with E-state index in [-0.39, 0.29) is 11.7 Å². The first-order chi connectivity index (χ1) is 9.45. The van der Waals surface area contributed by atoms with Crippen LogP contribution < -0.4 is 11.1 Å². The quantitative estimate of drug-likeness (QED) is 0.573. The summed E-state index contributed by atoms with van der Waals surface area (Å²) in [6, 6.07) is 6.43. The molecule has 1 rings (SSSR count). The first kappa shape index (κ1) is 17.0. The fourth-order valence-electron chi connectivity index (χ4n) is 1.83. The molecule has 20 heavy (non-hydrogen) atoms. The number of carbonyl (C=O) groups is 1. The summed E-state index contributed by atoms with van der Waals surface area (Å²) in [7, 11) is 0. The van der Waals surface area contributed by atoms with Crippen molar-refractivity contribution in [3.63, 3.8) is 0 Å². The molecule has 1 amide bonds.